The number of unbranched alkanes of at least 4 members (excludes halogenated alkanes) is 4. The second-order valence-corrected chi connectivity index (χ2v) is 11.8. The Labute approximate surface area is 279 Å². The van der Waals surface area contributed by atoms with Crippen LogP contribution in [-0.2, 0) is 0 Å². The Morgan fingerprint density at radius 3 is 1.61 bits per heavy atom. The minimum Gasteiger partial charge on any atom is -0.494 e. The van der Waals surface area contributed by atoms with Crippen molar-refractivity contribution in [2.24, 2.45) is 9.98 Å². The van der Waals surface area contributed by atoms with Crippen LogP contribution in [0.15, 0.2) is 125 Å². The van der Waals surface area contributed by atoms with Crippen molar-refractivity contribution < 1.29 is 19.0 Å². The normalized spacial score (nSPS) is 11.2. The number of hydrogen-bond donors (Lipinski definition) is 0. The first-order valence-corrected chi connectivity index (χ1v) is 16.5. The standard InChI is InChI=1S/C38H35ClN2O4S/c39-31-12-14-32(15-13-31)40-27-29-8-18-34(19-9-29)43-24-4-2-1-3-5-25-44-35-22-16-33(17-23-35)41-28-30-10-20-36(21-11-30)45-38(42)37-7-6-26-46-37/h6-23,26-28H,1-5,24-25H2. The van der Waals surface area contributed by atoms with Crippen LogP contribution < -0.4 is 14.2 Å². The quantitative estimate of drug-likeness (QED) is 0.0461. The summed E-state index contributed by atoms with van der Waals surface area (Å²) in [5, 5.41) is 2.55. The second-order valence-electron chi connectivity index (χ2n) is 10.5. The minimum absolute atomic E-state index is 0.350. The first-order valence-electron chi connectivity index (χ1n) is 15.3. The van der Waals surface area contributed by atoms with Crippen molar-refractivity contribution in [3.8, 4) is 17.2 Å². The van der Waals surface area contributed by atoms with E-state index in [4.69, 9.17) is 25.8 Å². The number of halogens is 1. The molecule has 0 unspecified atom stereocenters. The van der Waals surface area contributed by atoms with Crippen LogP contribution in [-0.4, -0.2) is 31.6 Å². The molecule has 5 rings (SSSR count). The SMILES string of the molecule is O=C(Oc1ccc(C=Nc2ccc(OCCCCCCCOc3ccc(C=Nc4ccc(Cl)cc4)cc3)cc2)cc1)c1cccs1. The van der Waals surface area contributed by atoms with E-state index in [2.05, 4.69) is 9.98 Å². The molecular formula is C38H35ClN2O4S. The average Bonchev–Trinajstić information content (AvgIpc) is 3.64. The molecule has 234 valence electrons. The van der Waals surface area contributed by atoms with Gasteiger partial charge in [0.15, 0.2) is 0 Å². The lowest BCUT2D eigenvalue weighted by molar-refractivity contribution is 0.0740. The topological polar surface area (TPSA) is 69.5 Å². The van der Waals surface area contributed by atoms with Crippen LogP contribution in [0, 0.1) is 0 Å². The predicted molar refractivity (Wildman–Crippen MR) is 189 cm³/mol. The molecule has 0 spiro atoms. The Kier molecular flexibility index (Phi) is 12.6. The molecule has 0 aliphatic carbocycles. The lowest BCUT2D eigenvalue weighted by Gasteiger charge is -2.07. The van der Waals surface area contributed by atoms with Gasteiger partial charge in [-0.05, 0) is 132 Å². The van der Waals surface area contributed by atoms with Crippen molar-refractivity contribution in [3.63, 3.8) is 0 Å². The zero-order valence-corrected chi connectivity index (χ0v) is 27.0. The van der Waals surface area contributed by atoms with Crippen molar-refractivity contribution in [1.29, 1.82) is 0 Å². The number of benzene rings is 4. The maximum Gasteiger partial charge on any atom is 0.353 e. The molecule has 4 aromatic carbocycles. The molecule has 0 saturated carbocycles. The molecule has 0 fully saturated rings. The van der Waals surface area contributed by atoms with E-state index in [1.165, 1.54) is 11.3 Å². The number of thiophene rings is 1. The molecule has 0 aliphatic heterocycles. The Hall–Kier alpha value is -4.72. The summed E-state index contributed by atoms with van der Waals surface area (Å²) in [4.78, 5) is 21.7. The van der Waals surface area contributed by atoms with Gasteiger partial charge in [0.1, 0.15) is 22.1 Å². The van der Waals surface area contributed by atoms with Gasteiger partial charge in [0.05, 0.1) is 24.6 Å². The zero-order valence-electron chi connectivity index (χ0n) is 25.4. The Morgan fingerprint density at radius 1 is 0.609 bits per heavy atom. The first kappa shape index (κ1) is 32.7. The molecule has 0 saturated heterocycles. The first-order chi connectivity index (χ1) is 22.6. The van der Waals surface area contributed by atoms with Crippen LogP contribution in [0.1, 0.15) is 52.9 Å². The number of hydrogen-bond acceptors (Lipinski definition) is 7. The number of carbonyl (C=O) groups is 1. The molecule has 1 heterocycles. The number of ether oxygens (including phenoxy) is 3. The van der Waals surface area contributed by atoms with Crippen molar-refractivity contribution >= 4 is 52.7 Å². The maximum absolute atomic E-state index is 12.1. The third-order valence-corrected chi connectivity index (χ3v) is 8.01. The van der Waals surface area contributed by atoms with Gasteiger partial charge in [-0.15, -0.1) is 11.3 Å². The molecule has 0 atom stereocenters. The van der Waals surface area contributed by atoms with Gasteiger partial charge in [-0.1, -0.05) is 36.9 Å². The number of esters is 1. The smallest absolute Gasteiger partial charge is 0.353 e. The summed E-state index contributed by atoms with van der Waals surface area (Å²) in [6, 6.07) is 34.0. The van der Waals surface area contributed by atoms with Crippen molar-refractivity contribution in [2.75, 3.05) is 13.2 Å². The number of rotatable bonds is 16. The van der Waals surface area contributed by atoms with E-state index in [1.807, 2.05) is 103 Å². The molecule has 6 nitrogen and oxygen atoms in total. The highest BCUT2D eigenvalue weighted by Crippen LogP contribution is 2.21. The monoisotopic (exact) mass is 650 g/mol. The van der Waals surface area contributed by atoms with Crippen molar-refractivity contribution in [1.82, 2.24) is 0 Å². The van der Waals surface area contributed by atoms with Crippen LogP contribution in [0.2, 0.25) is 5.02 Å². The Morgan fingerprint density at radius 2 is 1.09 bits per heavy atom. The number of carbonyl (C=O) groups excluding carboxylic acids is 1. The lowest BCUT2D eigenvalue weighted by atomic mass is 10.1. The van der Waals surface area contributed by atoms with E-state index < -0.39 is 0 Å². The molecule has 1 aromatic heterocycles. The summed E-state index contributed by atoms with van der Waals surface area (Å²) >= 11 is 7.27. The molecule has 46 heavy (non-hydrogen) atoms. The molecule has 0 radical (unpaired) electrons. The van der Waals surface area contributed by atoms with Gasteiger partial charge in [-0.3, -0.25) is 9.98 Å². The summed E-state index contributed by atoms with van der Waals surface area (Å²) in [7, 11) is 0. The minimum atomic E-state index is -0.350. The van der Waals surface area contributed by atoms with Crippen molar-refractivity contribution in [3.05, 3.63) is 136 Å². The molecule has 5 aromatic rings. The van der Waals surface area contributed by atoms with Crippen LogP contribution in [0.3, 0.4) is 0 Å². The van der Waals surface area contributed by atoms with E-state index in [9.17, 15) is 4.79 Å². The van der Waals surface area contributed by atoms with Crippen LogP contribution in [0.4, 0.5) is 11.4 Å². The van der Waals surface area contributed by atoms with Gasteiger partial charge in [-0.2, -0.15) is 0 Å². The van der Waals surface area contributed by atoms with Gasteiger partial charge in [0.2, 0.25) is 0 Å². The predicted octanol–water partition coefficient (Wildman–Crippen LogP) is 10.5. The highest BCUT2D eigenvalue weighted by molar-refractivity contribution is 7.12. The molecule has 0 bridgehead atoms. The fourth-order valence-electron chi connectivity index (χ4n) is 4.39. The van der Waals surface area contributed by atoms with Gasteiger partial charge >= 0.3 is 5.97 Å². The fraction of sp³-hybridized carbons (Fsp3) is 0.184. The maximum atomic E-state index is 12.1. The third-order valence-electron chi connectivity index (χ3n) is 6.91. The van der Waals surface area contributed by atoms with E-state index in [0.29, 0.717) is 28.9 Å². The Balaban J connectivity index is 0.906. The average molecular weight is 651 g/mol. The molecule has 0 aliphatic rings. The van der Waals surface area contributed by atoms with Crippen LogP contribution in [0.25, 0.3) is 0 Å². The van der Waals surface area contributed by atoms with E-state index in [0.717, 1.165) is 66.1 Å². The summed E-state index contributed by atoms with van der Waals surface area (Å²) in [5.74, 6) is 1.86. The largest absolute Gasteiger partial charge is 0.494 e. The highest BCUT2D eigenvalue weighted by Gasteiger charge is 2.09. The van der Waals surface area contributed by atoms with Gasteiger partial charge < -0.3 is 14.2 Å². The van der Waals surface area contributed by atoms with Crippen molar-refractivity contribution in [2.45, 2.75) is 32.1 Å². The molecular weight excluding hydrogens is 616 g/mol. The van der Waals surface area contributed by atoms with Gasteiger partial charge in [0, 0.05) is 17.5 Å². The van der Waals surface area contributed by atoms with Gasteiger partial charge in [-0.25, -0.2) is 4.79 Å². The summed E-state index contributed by atoms with van der Waals surface area (Å²) in [6.45, 7) is 1.40. The second kappa shape index (κ2) is 17.7. The summed E-state index contributed by atoms with van der Waals surface area (Å²) in [6.07, 6.45) is 9.05. The summed E-state index contributed by atoms with van der Waals surface area (Å²) < 4.78 is 17.2. The third kappa shape index (κ3) is 11.0. The highest BCUT2D eigenvalue weighted by atomic mass is 35.5. The fourth-order valence-corrected chi connectivity index (χ4v) is 5.12. The summed E-state index contributed by atoms with van der Waals surface area (Å²) in [5.41, 5.74) is 3.63. The van der Waals surface area contributed by atoms with Crippen LogP contribution >= 0.6 is 22.9 Å². The molecule has 8 heteroatoms. The molecule has 0 amide bonds. The number of nitrogens with zero attached hydrogens (tertiary/aromatic N) is 2. The van der Waals surface area contributed by atoms with E-state index in [-0.39, 0.29) is 5.97 Å². The van der Waals surface area contributed by atoms with Gasteiger partial charge in [0.25, 0.3) is 0 Å². The Bertz CT molecular complexity index is 1680. The zero-order chi connectivity index (χ0) is 31.8. The van der Waals surface area contributed by atoms with E-state index in [1.54, 1.807) is 24.4 Å². The van der Waals surface area contributed by atoms with Crippen LogP contribution in [0.5, 0.6) is 17.2 Å². The number of aliphatic imine (C=N–C) groups is 2. The molecule has 0 N–H and O–H groups in total. The lowest BCUT2D eigenvalue weighted by Crippen LogP contribution is -2.06. The van der Waals surface area contributed by atoms with E-state index >= 15 is 0 Å².